The van der Waals surface area contributed by atoms with E-state index in [0.717, 1.165) is 22.8 Å². The molecule has 0 aliphatic carbocycles. The zero-order valence-electron chi connectivity index (χ0n) is 9.54. The van der Waals surface area contributed by atoms with Crippen LogP contribution in [0.1, 0.15) is 0 Å². The van der Waals surface area contributed by atoms with Gasteiger partial charge < -0.3 is 5.32 Å². The second kappa shape index (κ2) is 4.67. The minimum absolute atomic E-state index is 0.741. The molecule has 88 valence electrons. The molecule has 0 unspecified atom stereocenters. The van der Waals surface area contributed by atoms with Gasteiger partial charge in [-0.2, -0.15) is 5.10 Å². The van der Waals surface area contributed by atoms with Crippen molar-refractivity contribution in [3.05, 3.63) is 55.1 Å². The standard InChI is InChI=1S/C13H11N5/c1-2-4-10(5-3-1)12-6-13(15-9-14-12)18-11-7-16-17-8-11/h1-9H,(H,16,17)(H,14,15,18). The van der Waals surface area contributed by atoms with E-state index >= 15 is 0 Å². The number of benzene rings is 1. The third-order valence-electron chi connectivity index (χ3n) is 2.51. The highest BCUT2D eigenvalue weighted by Gasteiger charge is 2.02. The Labute approximate surface area is 104 Å². The second-order valence-electron chi connectivity index (χ2n) is 3.77. The van der Waals surface area contributed by atoms with E-state index in [4.69, 9.17) is 0 Å². The minimum atomic E-state index is 0.741. The number of hydrogen-bond acceptors (Lipinski definition) is 4. The molecule has 5 heteroatoms. The second-order valence-corrected chi connectivity index (χ2v) is 3.77. The van der Waals surface area contributed by atoms with E-state index in [-0.39, 0.29) is 0 Å². The lowest BCUT2D eigenvalue weighted by molar-refractivity contribution is 1.09. The summed E-state index contributed by atoms with van der Waals surface area (Å²) in [6.07, 6.45) is 5.01. The summed E-state index contributed by atoms with van der Waals surface area (Å²) >= 11 is 0. The summed E-state index contributed by atoms with van der Waals surface area (Å²) in [6, 6.07) is 11.9. The lowest BCUT2D eigenvalue weighted by Crippen LogP contribution is -1.94. The Morgan fingerprint density at radius 3 is 2.72 bits per heavy atom. The van der Waals surface area contributed by atoms with Crippen LogP contribution < -0.4 is 5.32 Å². The van der Waals surface area contributed by atoms with Crippen molar-refractivity contribution in [3.63, 3.8) is 0 Å². The maximum absolute atomic E-state index is 4.26. The Morgan fingerprint density at radius 1 is 1.06 bits per heavy atom. The van der Waals surface area contributed by atoms with Crippen LogP contribution in [-0.2, 0) is 0 Å². The summed E-state index contributed by atoms with van der Waals surface area (Å²) < 4.78 is 0. The zero-order chi connectivity index (χ0) is 12.2. The average molecular weight is 237 g/mol. The number of aromatic amines is 1. The number of hydrogen-bond donors (Lipinski definition) is 2. The summed E-state index contributed by atoms with van der Waals surface area (Å²) in [5.41, 5.74) is 2.82. The van der Waals surface area contributed by atoms with Crippen molar-refractivity contribution in [3.8, 4) is 11.3 Å². The zero-order valence-corrected chi connectivity index (χ0v) is 9.54. The molecule has 0 aliphatic rings. The van der Waals surface area contributed by atoms with E-state index in [1.165, 1.54) is 0 Å². The van der Waals surface area contributed by atoms with Gasteiger partial charge in [0.05, 0.1) is 17.6 Å². The van der Waals surface area contributed by atoms with Gasteiger partial charge in [0.2, 0.25) is 0 Å². The van der Waals surface area contributed by atoms with Gasteiger partial charge in [0, 0.05) is 17.8 Å². The van der Waals surface area contributed by atoms with E-state index in [1.54, 1.807) is 18.7 Å². The normalized spacial score (nSPS) is 10.2. The average Bonchev–Trinajstić information content (AvgIpc) is 2.93. The first-order valence-corrected chi connectivity index (χ1v) is 5.55. The summed E-state index contributed by atoms with van der Waals surface area (Å²) in [7, 11) is 0. The Hall–Kier alpha value is -2.69. The number of rotatable bonds is 3. The predicted octanol–water partition coefficient (Wildman–Crippen LogP) is 2.61. The lowest BCUT2D eigenvalue weighted by Gasteiger charge is -2.04. The first kappa shape index (κ1) is 10.5. The van der Waals surface area contributed by atoms with Gasteiger partial charge >= 0.3 is 0 Å². The number of aromatic nitrogens is 4. The molecule has 3 rings (SSSR count). The first-order valence-electron chi connectivity index (χ1n) is 5.55. The van der Waals surface area contributed by atoms with Gasteiger partial charge in [-0.05, 0) is 0 Å². The molecule has 18 heavy (non-hydrogen) atoms. The minimum Gasteiger partial charge on any atom is -0.338 e. The Balaban J connectivity index is 1.90. The van der Waals surface area contributed by atoms with Gasteiger partial charge in [-0.25, -0.2) is 9.97 Å². The molecule has 2 heterocycles. The summed E-state index contributed by atoms with van der Waals surface area (Å²) in [5, 5.41) is 9.76. The maximum atomic E-state index is 4.26. The summed E-state index contributed by atoms with van der Waals surface area (Å²) in [4.78, 5) is 8.44. The molecule has 5 nitrogen and oxygen atoms in total. The quantitative estimate of drug-likeness (QED) is 0.734. The highest BCUT2D eigenvalue weighted by Crippen LogP contribution is 2.19. The van der Waals surface area contributed by atoms with Crippen LogP contribution in [0, 0.1) is 0 Å². The number of nitrogens with zero attached hydrogens (tertiary/aromatic N) is 3. The monoisotopic (exact) mass is 237 g/mol. The molecule has 0 amide bonds. The van der Waals surface area contributed by atoms with Crippen LogP contribution in [0.15, 0.2) is 55.1 Å². The van der Waals surface area contributed by atoms with Gasteiger partial charge in [0.1, 0.15) is 12.1 Å². The van der Waals surface area contributed by atoms with Crippen molar-refractivity contribution in [2.75, 3.05) is 5.32 Å². The van der Waals surface area contributed by atoms with Crippen LogP contribution in [0.2, 0.25) is 0 Å². The molecule has 0 saturated heterocycles. The molecule has 0 aliphatic heterocycles. The first-order chi connectivity index (χ1) is 8.92. The van der Waals surface area contributed by atoms with Gasteiger partial charge in [0.15, 0.2) is 0 Å². The van der Waals surface area contributed by atoms with Crippen molar-refractivity contribution in [2.24, 2.45) is 0 Å². The third kappa shape index (κ3) is 2.20. The molecule has 0 spiro atoms. The molecule has 0 saturated carbocycles. The molecule has 3 aromatic rings. The van der Waals surface area contributed by atoms with Gasteiger partial charge in [-0.15, -0.1) is 0 Å². The molecule has 2 aromatic heterocycles. The van der Waals surface area contributed by atoms with Crippen molar-refractivity contribution in [1.29, 1.82) is 0 Å². The summed E-state index contributed by atoms with van der Waals surface area (Å²) in [5.74, 6) is 0.741. The fraction of sp³-hybridized carbons (Fsp3) is 0. The fourth-order valence-electron chi connectivity index (χ4n) is 1.66. The fourth-order valence-corrected chi connectivity index (χ4v) is 1.66. The Morgan fingerprint density at radius 2 is 1.94 bits per heavy atom. The van der Waals surface area contributed by atoms with Crippen molar-refractivity contribution in [1.82, 2.24) is 20.2 Å². The lowest BCUT2D eigenvalue weighted by atomic mass is 10.1. The van der Waals surface area contributed by atoms with Crippen LogP contribution in [0.4, 0.5) is 11.5 Å². The Bertz CT molecular complexity index is 619. The molecule has 0 bridgehead atoms. The predicted molar refractivity (Wildman–Crippen MR) is 69.3 cm³/mol. The van der Waals surface area contributed by atoms with Crippen LogP contribution in [0.25, 0.3) is 11.3 Å². The van der Waals surface area contributed by atoms with Gasteiger partial charge in [-0.1, -0.05) is 30.3 Å². The molecule has 2 N–H and O–H groups in total. The highest BCUT2D eigenvalue weighted by molar-refractivity contribution is 5.64. The van der Waals surface area contributed by atoms with Crippen molar-refractivity contribution < 1.29 is 0 Å². The van der Waals surface area contributed by atoms with Crippen LogP contribution >= 0.6 is 0 Å². The van der Waals surface area contributed by atoms with E-state index < -0.39 is 0 Å². The number of H-pyrrole nitrogens is 1. The largest absolute Gasteiger partial charge is 0.338 e. The van der Waals surface area contributed by atoms with E-state index in [2.05, 4.69) is 25.5 Å². The van der Waals surface area contributed by atoms with Gasteiger partial charge in [-0.3, -0.25) is 5.10 Å². The van der Waals surface area contributed by atoms with E-state index in [9.17, 15) is 0 Å². The Kier molecular flexibility index (Phi) is 2.71. The molecular weight excluding hydrogens is 226 g/mol. The molecular formula is C13H11N5. The third-order valence-corrected chi connectivity index (χ3v) is 2.51. The molecule has 0 atom stereocenters. The SMILES string of the molecule is c1ccc(-c2cc(Nc3cn[nH]c3)ncn2)cc1. The van der Waals surface area contributed by atoms with E-state index in [0.29, 0.717) is 0 Å². The van der Waals surface area contributed by atoms with Crippen molar-refractivity contribution >= 4 is 11.5 Å². The van der Waals surface area contributed by atoms with Crippen LogP contribution in [-0.4, -0.2) is 20.2 Å². The highest BCUT2D eigenvalue weighted by atomic mass is 15.1. The smallest absolute Gasteiger partial charge is 0.134 e. The topological polar surface area (TPSA) is 66.5 Å². The van der Waals surface area contributed by atoms with Crippen LogP contribution in [0.3, 0.4) is 0 Å². The molecule has 0 radical (unpaired) electrons. The van der Waals surface area contributed by atoms with Crippen molar-refractivity contribution in [2.45, 2.75) is 0 Å². The molecule has 0 fully saturated rings. The number of nitrogens with one attached hydrogen (secondary N) is 2. The number of anilines is 2. The van der Waals surface area contributed by atoms with Gasteiger partial charge in [0.25, 0.3) is 0 Å². The molecule has 1 aromatic carbocycles. The van der Waals surface area contributed by atoms with E-state index in [1.807, 2.05) is 36.4 Å². The maximum Gasteiger partial charge on any atom is 0.134 e. The summed E-state index contributed by atoms with van der Waals surface area (Å²) in [6.45, 7) is 0. The van der Waals surface area contributed by atoms with Crippen LogP contribution in [0.5, 0.6) is 0 Å².